The van der Waals surface area contributed by atoms with E-state index in [4.69, 9.17) is 5.84 Å². The van der Waals surface area contributed by atoms with Crippen LogP contribution in [0.3, 0.4) is 0 Å². The number of rotatable bonds is 1. The molecule has 0 aliphatic carbocycles. The summed E-state index contributed by atoms with van der Waals surface area (Å²) in [6.07, 6.45) is 2.05. The van der Waals surface area contributed by atoms with E-state index in [1.807, 2.05) is 11.0 Å². The van der Waals surface area contributed by atoms with Crippen LogP contribution in [0.25, 0.3) is 0 Å². The second kappa shape index (κ2) is 4.28. The van der Waals surface area contributed by atoms with Gasteiger partial charge in [-0.25, -0.2) is 4.57 Å². The summed E-state index contributed by atoms with van der Waals surface area (Å²) in [5.74, 6) is 7.36. The molecule has 19 heavy (non-hydrogen) atoms. The van der Waals surface area contributed by atoms with E-state index < -0.39 is 0 Å². The highest BCUT2D eigenvalue weighted by Crippen LogP contribution is 2.41. The molecule has 0 saturated carbocycles. The van der Waals surface area contributed by atoms with Crippen molar-refractivity contribution in [3.05, 3.63) is 48.2 Å². The van der Waals surface area contributed by atoms with Crippen molar-refractivity contribution in [1.82, 2.24) is 0 Å². The zero-order valence-corrected chi connectivity index (χ0v) is 11.5. The van der Waals surface area contributed by atoms with Crippen molar-refractivity contribution in [3.63, 3.8) is 0 Å². The first-order valence-electron chi connectivity index (χ1n) is 6.48. The normalized spacial score (nSPS) is 14.0. The van der Waals surface area contributed by atoms with Gasteiger partial charge in [-0.05, 0) is 31.4 Å². The first kappa shape index (κ1) is 12.1. The second-order valence-electron chi connectivity index (χ2n) is 5.02. The highest BCUT2D eigenvalue weighted by molar-refractivity contribution is 6.70. The van der Waals surface area contributed by atoms with E-state index in [1.165, 1.54) is 11.3 Å². The number of hydrogen-bond acceptors (Lipinski definition) is 3. The molecule has 2 N–H and O–H groups in total. The van der Waals surface area contributed by atoms with Crippen molar-refractivity contribution >= 4 is 24.2 Å². The van der Waals surface area contributed by atoms with Gasteiger partial charge in [0.15, 0.2) is 0 Å². The van der Waals surface area contributed by atoms with E-state index in [9.17, 15) is 0 Å². The first-order valence-corrected chi connectivity index (χ1v) is 6.48. The average molecular weight is 253 g/mol. The fourth-order valence-electron chi connectivity index (χ4n) is 2.75. The van der Waals surface area contributed by atoms with Gasteiger partial charge in [-0.15, -0.1) is 0 Å². The summed E-state index contributed by atoms with van der Waals surface area (Å²) in [4.78, 5) is 4.11. The van der Waals surface area contributed by atoms with Gasteiger partial charge in [0.1, 0.15) is 5.69 Å². The van der Waals surface area contributed by atoms with Gasteiger partial charge in [0, 0.05) is 6.07 Å². The molecular formula is C14H18BN4+. The Morgan fingerprint density at radius 2 is 1.95 bits per heavy atom. The number of nitrogens with two attached hydrogens (primary N) is 1. The molecule has 5 heteroatoms. The molecule has 0 atom stereocenters. The van der Waals surface area contributed by atoms with Gasteiger partial charge in [-0.2, -0.15) is 0 Å². The smallest absolute Gasteiger partial charge is 0.306 e. The standard InChI is InChI=1S/C14H18BN4/c1-11-7-6-8-12-14(11)18(15(2)19(12)16)13-9-4-5-10-17(13)3/h4-10H,16H2,1-3H3/q+1. The molecule has 0 saturated heterocycles. The number of nitrogens with zero attached hydrogens (tertiary/aromatic N) is 3. The Balaban J connectivity index is 2.22. The monoisotopic (exact) mass is 253 g/mol. The van der Waals surface area contributed by atoms with Crippen LogP contribution in [0, 0.1) is 6.92 Å². The van der Waals surface area contributed by atoms with Crippen LogP contribution in [0.15, 0.2) is 42.6 Å². The lowest BCUT2D eigenvalue weighted by Gasteiger charge is -2.18. The van der Waals surface area contributed by atoms with Crippen LogP contribution in [0.1, 0.15) is 5.56 Å². The fourth-order valence-corrected chi connectivity index (χ4v) is 2.75. The number of benzene rings is 1. The molecule has 0 spiro atoms. The Labute approximate surface area is 114 Å². The molecule has 1 aliphatic heterocycles. The summed E-state index contributed by atoms with van der Waals surface area (Å²) in [6, 6.07) is 12.5. The van der Waals surface area contributed by atoms with Gasteiger partial charge in [0.25, 0.3) is 5.82 Å². The summed E-state index contributed by atoms with van der Waals surface area (Å²) in [6.45, 7) is 4.34. The van der Waals surface area contributed by atoms with Crippen LogP contribution in [-0.2, 0) is 7.05 Å². The van der Waals surface area contributed by atoms with E-state index >= 15 is 0 Å². The summed E-state index contributed by atoms with van der Waals surface area (Å²) >= 11 is 0. The van der Waals surface area contributed by atoms with Gasteiger partial charge < -0.3 is 4.92 Å². The van der Waals surface area contributed by atoms with Crippen molar-refractivity contribution in [1.29, 1.82) is 0 Å². The number of aryl methyl sites for hydroxylation is 2. The van der Waals surface area contributed by atoms with Crippen LogP contribution in [0.4, 0.5) is 17.2 Å². The zero-order chi connectivity index (χ0) is 13.6. The van der Waals surface area contributed by atoms with Crippen molar-refractivity contribution < 1.29 is 4.57 Å². The number of anilines is 3. The number of hydrogen-bond donors (Lipinski definition) is 1. The maximum atomic E-state index is 6.22. The van der Waals surface area contributed by atoms with Gasteiger partial charge >= 0.3 is 6.98 Å². The molecule has 2 heterocycles. The SMILES string of the molecule is CB1N(N)c2cccc(C)c2N1c1cccc[n+]1C. The van der Waals surface area contributed by atoms with Crippen molar-refractivity contribution in [2.45, 2.75) is 13.7 Å². The molecule has 0 amide bonds. The predicted octanol–water partition coefficient (Wildman–Crippen LogP) is 1.77. The lowest BCUT2D eigenvalue weighted by molar-refractivity contribution is -0.658. The number of pyridine rings is 1. The van der Waals surface area contributed by atoms with Gasteiger partial charge in [-0.3, -0.25) is 10.7 Å². The molecule has 3 rings (SSSR count). The Bertz CT molecular complexity index is 629. The Morgan fingerprint density at radius 1 is 1.16 bits per heavy atom. The third-order valence-corrected chi connectivity index (χ3v) is 3.79. The molecule has 1 aromatic heterocycles. The maximum absolute atomic E-state index is 6.22. The number of aromatic nitrogens is 1. The van der Waals surface area contributed by atoms with Gasteiger partial charge in [0.05, 0.1) is 18.9 Å². The van der Waals surface area contributed by atoms with Crippen LogP contribution < -0.4 is 20.1 Å². The Hall–Kier alpha value is -2.01. The number of para-hydroxylation sites is 1. The van der Waals surface area contributed by atoms with Crippen molar-refractivity contribution in [2.75, 3.05) is 9.73 Å². The lowest BCUT2D eigenvalue weighted by atomic mass is 9.78. The molecule has 96 valence electrons. The average Bonchev–Trinajstić information content (AvgIpc) is 2.65. The van der Waals surface area contributed by atoms with E-state index in [1.54, 1.807) is 0 Å². The molecular weight excluding hydrogens is 235 g/mol. The largest absolute Gasteiger partial charge is 0.513 e. The summed E-state index contributed by atoms with van der Waals surface area (Å²) in [5.41, 5.74) is 3.51. The molecule has 2 aromatic rings. The van der Waals surface area contributed by atoms with E-state index in [-0.39, 0.29) is 6.98 Å². The van der Waals surface area contributed by atoms with Crippen LogP contribution in [0.2, 0.25) is 6.82 Å². The third-order valence-electron chi connectivity index (χ3n) is 3.79. The van der Waals surface area contributed by atoms with Crippen molar-refractivity contribution in [2.24, 2.45) is 12.9 Å². The molecule has 0 fully saturated rings. The minimum absolute atomic E-state index is 0.102. The number of fused-ring (bicyclic) bond motifs is 1. The van der Waals surface area contributed by atoms with Crippen LogP contribution in [-0.4, -0.2) is 6.98 Å². The lowest BCUT2D eigenvalue weighted by Crippen LogP contribution is -2.50. The quantitative estimate of drug-likeness (QED) is 0.478. The number of hydrazine groups is 1. The molecule has 1 aliphatic rings. The summed E-state index contributed by atoms with van der Waals surface area (Å²) in [7, 11) is 2.05. The topological polar surface area (TPSA) is 36.4 Å². The molecule has 0 unspecified atom stereocenters. The molecule has 1 aromatic carbocycles. The Kier molecular flexibility index (Phi) is 2.71. The fraction of sp³-hybridized carbons (Fsp3) is 0.214. The van der Waals surface area contributed by atoms with Crippen LogP contribution >= 0.6 is 0 Å². The maximum Gasteiger partial charge on any atom is 0.513 e. The first-order chi connectivity index (χ1) is 9.11. The minimum atomic E-state index is 0.102. The predicted molar refractivity (Wildman–Crippen MR) is 79.2 cm³/mol. The van der Waals surface area contributed by atoms with E-state index in [0.29, 0.717) is 0 Å². The van der Waals surface area contributed by atoms with Crippen LogP contribution in [0.5, 0.6) is 0 Å². The highest BCUT2D eigenvalue weighted by atomic mass is 15.5. The van der Waals surface area contributed by atoms with Gasteiger partial charge in [0.2, 0.25) is 0 Å². The minimum Gasteiger partial charge on any atom is -0.306 e. The summed E-state index contributed by atoms with van der Waals surface area (Å²) < 4.78 is 2.12. The van der Waals surface area contributed by atoms with E-state index in [0.717, 1.165) is 11.5 Å². The Morgan fingerprint density at radius 3 is 2.68 bits per heavy atom. The van der Waals surface area contributed by atoms with Crippen molar-refractivity contribution in [3.8, 4) is 0 Å². The third kappa shape index (κ3) is 1.69. The van der Waals surface area contributed by atoms with E-state index in [2.05, 4.69) is 66.7 Å². The molecule has 0 bridgehead atoms. The molecule has 4 nitrogen and oxygen atoms in total. The second-order valence-corrected chi connectivity index (χ2v) is 5.02. The summed E-state index contributed by atoms with van der Waals surface area (Å²) in [5, 5.41) is 0. The van der Waals surface area contributed by atoms with Gasteiger partial charge in [-0.1, -0.05) is 18.2 Å². The highest BCUT2D eigenvalue weighted by Gasteiger charge is 2.45. The zero-order valence-electron chi connectivity index (χ0n) is 11.5. The molecule has 0 radical (unpaired) electrons.